The van der Waals surface area contributed by atoms with Gasteiger partial charge in [-0.1, -0.05) is 54.1 Å². The minimum atomic E-state index is -0.237. The molecule has 0 radical (unpaired) electrons. The molecule has 0 saturated carbocycles. The summed E-state index contributed by atoms with van der Waals surface area (Å²) in [5.41, 5.74) is 3.91. The van der Waals surface area contributed by atoms with E-state index in [9.17, 15) is 4.79 Å². The SMILES string of the molecule is Cc1csc(NC(=O)c2cn(Cc3ccccc3)nc2-c2ccc(Cl)cc2)n1. The van der Waals surface area contributed by atoms with Crippen LogP contribution in [0.1, 0.15) is 21.6 Å². The summed E-state index contributed by atoms with van der Waals surface area (Å²) in [5.74, 6) is -0.237. The maximum atomic E-state index is 12.9. The number of nitrogens with one attached hydrogen (secondary N) is 1. The van der Waals surface area contributed by atoms with Gasteiger partial charge < -0.3 is 0 Å². The number of carbonyl (C=O) groups excluding carboxylic acids is 1. The van der Waals surface area contributed by atoms with Crippen molar-refractivity contribution in [3.05, 3.63) is 88.0 Å². The van der Waals surface area contributed by atoms with Crippen molar-refractivity contribution in [3.63, 3.8) is 0 Å². The summed E-state index contributed by atoms with van der Waals surface area (Å²) in [7, 11) is 0. The Morgan fingerprint density at radius 3 is 2.57 bits per heavy atom. The molecule has 7 heteroatoms. The second-order valence-electron chi connectivity index (χ2n) is 6.33. The van der Waals surface area contributed by atoms with Crippen LogP contribution in [0.2, 0.25) is 5.02 Å². The highest BCUT2D eigenvalue weighted by molar-refractivity contribution is 7.13. The maximum Gasteiger partial charge on any atom is 0.261 e. The van der Waals surface area contributed by atoms with Crippen LogP contribution < -0.4 is 5.32 Å². The Balaban J connectivity index is 1.69. The van der Waals surface area contributed by atoms with E-state index in [1.807, 2.05) is 54.8 Å². The summed E-state index contributed by atoms with van der Waals surface area (Å²) in [4.78, 5) is 17.2. The van der Waals surface area contributed by atoms with Crippen LogP contribution in [-0.4, -0.2) is 20.7 Å². The summed E-state index contributed by atoms with van der Waals surface area (Å²) in [6.07, 6.45) is 1.77. The van der Waals surface area contributed by atoms with Gasteiger partial charge in [-0.2, -0.15) is 5.10 Å². The lowest BCUT2D eigenvalue weighted by molar-refractivity contribution is 0.102. The topological polar surface area (TPSA) is 59.8 Å². The Bertz CT molecular complexity index is 1100. The van der Waals surface area contributed by atoms with E-state index in [1.165, 1.54) is 11.3 Å². The van der Waals surface area contributed by atoms with Crippen LogP contribution in [0.5, 0.6) is 0 Å². The molecule has 0 bridgehead atoms. The monoisotopic (exact) mass is 408 g/mol. The number of hydrogen-bond donors (Lipinski definition) is 1. The third kappa shape index (κ3) is 4.13. The highest BCUT2D eigenvalue weighted by atomic mass is 35.5. The summed E-state index contributed by atoms with van der Waals surface area (Å²) in [5, 5.41) is 10.6. The van der Waals surface area contributed by atoms with E-state index in [0.29, 0.717) is 28.0 Å². The van der Waals surface area contributed by atoms with Gasteiger partial charge in [0.05, 0.1) is 17.8 Å². The van der Waals surface area contributed by atoms with E-state index in [-0.39, 0.29) is 5.91 Å². The number of hydrogen-bond acceptors (Lipinski definition) is 4. The van der Waals surface area contributed by atoms with Gasteiger partial charge in [0.15, 0.2) is 5.13 Å². The number of carbonyl (C=O) groups is 1. The van der Waals surface area contributed by atoms with Crippen LogP contribution in [-0.2, 0) is 6.54 Å². The van der Waals surface area contributed by atoms with Crippen molar-refractivity contribution < 1.29 is 4.79 Å². The number of thiazole rings is 1. The van der Waals surface area contributed by atoms with E-state index in [2.05, 4.69) is 15.4 Å². The lowest BCUT2D eigenvalue weighted by Gasteiger charge is -2.03. The smallest absolute Gasteiger partial charge is 0.261 e. The fraction of sp³-hybridized carbons (Fsp3) is 0.0952. The van der Waals surface area contributed by atoms with Crippen molar-refractivity contribution in [3.8, 4) is 11.3 Å². The zero-order chi connectivity index (χ0) is 19.5. The van der Waals surface area contributed by atoms with Gasteiger partial charge in [0.25, 0.3) is 5.91 Å². The molecule has 140 valence electrons. The summed E-state index contributed by atoms with van der Waals surface area (Å²) >= 11 is 7.41. The second kappa shape index (κ2) is 7.96. The molecule has 0 aliphatic carbocycles. The normalized spacial score (nSPS) is 10.8. The largest absolute Gasteiger partial charge is 0.298 e. The van der Waals surface area contributed by atoms with Crippen molar-refractivity contribution in [1.29, 1.82) is 0 Å². The third-order valence-electron chi connectivity index (χ3n) is 4.15. The molecule has 2 aromatic carbocycles. The molecule has 0 unspecified atom stereocenters. The Morgan fingerprint density at radius 2 is 1.89 bits per heavy atom. The van der Waals surface area contributed by atoms with Crippen molar-refractivity contribution in [2.24, 2.45) is 0 Å². The number of halogens is 1. The first-order valence-electron chi connectivity index (χ1n) is 8.69. The maximum absolute atomic E-state index is 12.9. The molecule has 0 spiro atoms. The molecule has 0 saturated heterocycles. The molecule has 4 rings (SSSR count). The lowest BCUT2D eigenvalue weighted by Crippen LogP contribution is -2.12. The summed E-state index contributed by atoms with van der Waals surface area (Å²) in [6.45, 7) is 2.47. The van der Waals surface area contributed by atoms with E-state index in [1.54, 1.807) is 23.0 Å². The molecule has 5 nitrogen and oxygen atoms in total. The first kappa shape index (κ1) is 18.4. The number of rotatable bonds is 5. The molecule has 0 atom stereocenters. The van der Waals surface area contributed by atoms with E-state index < -0.39 is 0 Å². The minimum absolute atomic E-state index is 0.237. The fourth-order valence-corrected chi connectivity index (χ4v) is 3.65. The first-order chi connectivity index (χ1) is 13.6. The zero-order valence-electron chi connectivity index (χ0n) is 15.1. The van der Waals surface area contributed by atoms with Crippen molar-refractivity contribution >= 4 is 34.0 Å². The number of amides is 1. The van der Waals surface area contributed by atoms with Gasteiger partial charge in [-0.05, 0) is 24.6 Å². The van der Waals surface area contributed by atoms with Gasteiger partial charge >= 0.3 is 0 Å². The molecule has 0 aliphatic heterocycles. The lowest BCUT2D eigenvalue weighted by atomic mass is 10.1. The zero-order valence-corrected chi connectivity index (χ0v) is 16.7. The number of aryl methyl sites for hydroxylation is 1. The average Bonchev–Trinajstić information content (AvgIpc) is 3.29. The number of nitrogens with zero attached hydrogens (tertiary/aromatic N) is 3. The molecule has 2 heterocycles. The van der Waals surface area contributed by atoms with Crippen molar-refractivity contribution in [2.75, 3.05) is 5.32 Å². The second-order valence-corrected chi connectivity index (χ2v) is 7.62. The fourth-order valence-electron chi connectivity index (χ4n) is 2.84. The first-order valence-corrected chi connectivity index (χ1v) is 9.95. The Morgan fingerprint density at radius 1 is 1.14 bits per heavy atom. The number of aromatic nitrogens is 3. The highest BCUT2D eigenvalue weighted by Crippen LogP contribution is 2.26. The van der Waals surface area contributed by atoms with Crippen LogP contribution in [0.25, 0.3) is 11.3 Å². The van der Waals surface area contributed by atoms with Gasteiger partial charge in [0.1, 0.15) is 5.69 Å². The molecule has 28 heavy (non-hydrogen) atoms. The van der Waals surface area contributed by atoms with Gasteiger partial charge in [-0.25, -0.2) is 4.98 Å². The number of anilines is 1. The van der Waals surface area contributed by atoms with E-state index in [0.717, 1.165) is 16.8 Å². The van der Waals surface area contributed by atoms with Crippen LogP contribution in [0.4, 0.5) is 5.13 Å². The Hall–Kier alpha value is -2.96. The number of benzene rings is 2. The van der Waals surface area contributed by atoms with Gasteiger partial charge in [0.2, 0.25) is 0 Å². The Kier molecular flexibility index (Phi) is 5.23. The molecular weight excluding hydrogens is 392 g/mol. The van der Waals surface area contributed by atoms with Gasteiger partial charge in [-0.3, -0.25) is 14.8 Å². The van der Waals surface area contributed by atoms with Crippen molar-refractivity contribution in [2.45, 2.75) is 13.5 Å². The molecule has 0 fully saturated rings. The molecular formula is C21H17ClN4OS. The highest BCUT2D eigenvalue weighted by Gasteiger charge is 2.19. The molecule has 4 aromatic rings. The van der Waals surface area contributed by atoms with E-state index in [4.69, 9.17) is 11.6 Å². The molecule has 1 amide bonds. The predicted molar refractivity (Wildman–Crippen MR) is 113 cm³/mol. The summed E-state index contributed by atoms with van der Waals surface area (Å²) in [6, 6.07) is 17.3. The minimum Gasteiger partial charge on any atom is -0.298 e. The van der Waals surface area contributed by atoms with Crippen LogP contribution in [0, 0.1) is 6.92 Å². The predicted octanol–water partition coefficient (Wildman–Crippen LogP) is 5.27. The van der Waals surface area contributed by atoms with Gasteiger partial charge in [0, 0.05) is 22.2 Å². The molecule has 0 aliphatic rings. The molecule has 1 N–H and O–H groups in total. The van der Waals surface area contributed by atoms with Gasteiger partial charge in [-0.15, -0.1) is 11.3 Å². The summed E-state index contributed by atoms with van der Waals surface area (Å²) < 4.78 is 1.78. The van der Waals surface area contributed by atoms with Crippen LogP contribution >= 0.6 is 22.9 Å². The quantitative estimate of drug-likeness (QED) is 0.489. The van der Waals surface area contributed by atoms with Crippen molar-refractivity contribution in [1.82, 2.24) is 14.8 Å². The van der Waals surface area contributed by atoms with Crippen LogP contribution in [0.15, 0.2) is 66.2 Å². The standard InChI is InChI=1S/C21H17ClN4OS/c1-14-13-28-21(23-14)24-20(27)18-12-26(11-15-5-3-2-4-6-15)25-19(18)16-7-9-17(22)10-8-16/h2-10,12-13H,11H2,1H3,(H,23,24,27). The average molecular weight is 409 g/mol. The van der Waals surface area contributed by atoms with E-state index >= 15 is 0 Å². The van der Waals surface area contributed by atoms with Crippen LogP contribution in [0.3, 0.4) is 0 Å². The third-order valence-corrected chi connectivity index (χ3v) is 5.28. The molecule has 2 aromatic heterocycles. The Labute approximate surface area is 171 Å².